The predicted octanol–water partition coefficient (Wildman–Crippen LogP) is 6.53. The first kappa shape index (κ1) is 43.2. The maximum atomic E-state index is 12.1. The fourth-order valence-electron chi connectivity index (χ4n) is 5.29. The Kier molecular flexibility index (Phi) is 12.4. The number of carbonyl (C=O) groups is 2. The molecule has 0 saturated carbocycles. The molecule has 26 heteroatoms. The summed E-state index contributed by atoms with van der Waals surface area (Å²) in [5.41, 5.74) is 0.624. The van der Waals surface area contributed by atoms with Crippen molar-refractivity contribution < 1.29 is 58.7 Å². The predicted molar refractivity (Wildman–Crippen MR) is 216 cm³/mol. The number of carboxylic acid groups (broad SMARTS) is 2. The summed E-state index contributed by atoms with van der Waals surface area (Å²) in [6.45, 7) is -0.273. The molecule has 0 aliphatic rings. The third kappa shape index (κ3) is 11.7. The van der Waals surface area contributed by atoms with Crippen LogP contribution < -0.4 is 16.0 Å². The molecule has 0 aliphatic carbocycles. The second kappa shape index (κ2) is 17.5. The molecule has 0 amide bonds. The lowest BCUT2D eigenvalue weighted by Gasteiger charge is -2.11. The molecule has 6 aromatic rings. The van der Waals surface area contributed by atoms with Crippen molar-refractivity contribution in [1.29, 1.82) is 0 Å². The summed E-state index contributed by atoms with van der Waals surface area (Å²) in [5.74, 6) is -3.52. The van der Waals surface area contributed by atoms with Crippen LogP contribution in [0.2, 0.25) is 0 Å². The number of nitrogens with one attached hydrogen (secondary N) is 3. The van der Waals surface area contributed by atoms with Gasteiger partial charge in [-0.1, -0.05) is 12.1 Å². The molecule has 0 bridgehead atoms. The minimum atomic E-state index is -4.87. The van der Waals surface area contributed by atoms with Crippen LogP contribution in [0.5, 0.6) is 0 Å². The van der Waals surface area contributed by atoms with E-state index in [1.807, 2.05) is 0 Å². The largest absolute Gasteiger partial charge is 0.478 e. The zero-order valence-corrected chi connectivity index (χ0v) is 33.0. The minimum Gasteiger partial charge on any atom is -0.478 e. The molecule has 0 saturated heterocycles. The fourth-order valence-corrected chi connectivity index (χ4v) is 7.07. The zero-order chi connectivity index (χ0) is 44.1. The quantitative estimate of drug-likeness (QED) is 0.0378. The molecule has 0 aliphatic heterocycles. The maximum Gasteiger partial charge on any atom is 0.335 e. The minimum absolute atomic E-state index is 0.00481. The Morgan fingerprint density at radius 3 is 1.44 bits per heavy atom. The molecule has 23 nitrogen and oxygen atoms in total. The number of hydrogen-bond acceptors (Lipinski definition) is 18. The lowest BCUT2D eigenvalue weighted by atomic mass is 10.1. The van der Waals surface area contributed by atoms with Crippen LogP contribution in [0.15, 0.2) is 127 Å². The van der Waals surface area contributed by atoms with Crippen molar-refractivity contribution in [2.24, 2.45) is 20.5 Å². The highest BCUT2D eigenvalue weighted by atomic mass is 32.2. The van der Waals surface area contributed by atoms with Crippen molar-refractivity contribution in [3.63, 3.8) is 0 Å². The summed E-state index contributed by atoms with van der Waals surface area (Å²) in [6, 6.07) is 21.2. The number of azo groups is 2. The van der Waals surface area contributed by atoms with Gasteiger partial charge < -0.3 is 26.2 Å². The number of hydrogen-bond donors (Lipinski definition) is 8. The van der Waals surface area contributed by atoms with Crippen molar-refractivity contribution in [3.8, 4) is 0 Å². The summed E-state index contributed by atoms with van der Waals surface area (Å²) < 4.78 is 99.5. The summed E-state index contributed by atoms with van der Waals surface area (Å²) in [5, 5.41) is 42.8. The van der Waals surface area contributed by atoms with Crippen LogP contribution in [0, 0.1) is 0 Å². The second-order valence-corrected chi connectivity index (χ2v) is 16.7. The van der Waals surface area contributed by atoms with Crippen LogP contribution in [0.1, 0.15) is 20.7 Å². The van der Waals surface area contributed by atoms with Crippen molar-refractivity contribution >= 4 is 105 Å². The Hall–Kier alpha value is -7.36. The summed E-state index contributed by atoms with van der Waals surface area (Å²) in [6.07, 6.45) is 0. The van der Waals surface area contributed by atoms with E-state index in [2.05, 4.69) is 51.4 Å². The molecule has 0 unspecified atom stereocenters. The van der Waals surface area contributed by atoms with Gasteiger partial charge >= 0.3 is 11.9 Å². The normalized spacial score (nSPS) is 12.2. The first-order valence-corrected chi connectivity index (χ1v) is 21.4. The van der Waals surface area contributed by atoms with Crippen molar-refractivity contribution in [3.05, 3.63) is 108 Å². The van der Waals surface area contributed by atoms with E-state index in [-0.39, 0.29) is 63.4 Å². The Labute approximate surface area is 344 Å². The SMILES string of the molecule is O=C(O)c1cc(N=Nc2ccc(Nc3nc(NCCS(=O)(=O)O)nc(Nc4ccc(N=Nc5cc(S(=O)(=O)O)c6cccc(S(=O)(=O)O)c6c5)cc4)n3)cc2)cc(C(=O)O)c1. The van der Waals surface area contributed by atoms with Gasteiger partial charge in [-0.15, -0.1) is 0 Å². The third-order valence-corrected chi connectivity index (χ3v) is 10.5. The Morgan fingerprint density at radius 2 is 0.984 bits per heavy atom. The molecule has 8 N–H and O–H groups in total. The van der Waals surface area contributed by atoms with Crippen LogP contribution in [0.25, 0.3) is 10.8 Å². The lowest BCUT2D eigenvalue weighted by molar-refractivity contribution is 0.0696. The monoisotopic (exact) mass is 892 g/mol. The highest BCUT2D eigenvalue weighted by molar-refractivity contribution is 7.86. The van der Waals surface area contributed by atoms with E-state index in [0.29, 0.717) is 17.1 Å². The smallest absolute Gasteiger partial charge is 0.335 e. The summed E-state index contributed by atoms with van der Waals surface area (Å²) >= 11 is 0. The molecule has 1 heterocycles. The zero-order valence-electron chi connectivity index (χ0n) is 30.5. The average molecular weight is 893 g/mol. The first-order valence-electron chi connectivity index (χ1n) is 16.9. The van der Waals surface area contributed by atoms with Crippen LogP contribution in [-0.2, 0) is 30.4 Å². The van der Waals surface area contributed by atoms with Gasteiger partial charge in [0.2, 0.25) is 17.8 Å². The summed E-state index contributed by atoms with van der Waals surface area (Å²) in [4.78, 5) is 34.3. The fraction of sp³-hybridized carbons (Fsp3) is 0.0571. The van der Waals surface area contributed by atoms with E-state index in [0.717, 1.165) is 30.3 Å². The van der Waals surface area contributed by atoms with Gasteiger partial charge in [0.15, 0.2) is 0 Å². The second-order valence-electron chi connectivity index (χ2n) is 12.4. The number of nitrogens with zero attached hydrogens (tertiary/aromatic N) is 7. The molecule has 5 aromatic carbocycles. The van der Waals surface area contributed by atoms with Gasteiger partial charge in [-0.05, 0) is 84.9 Å². The number of fused-ring (bicyclic) bond motifs is 1. The van der Waals surface area contributed by atoms with Crippen molar-refractivity contribution in [2.45, 2.75) is 9.79 Å². The van der Waals surface area contributed by atoms with Crippen LogP contribution >= 0.6 is 0 Å². The number of aromatic carboxylic acids is 2. The number of aromatic nitrogens is 3. The number of anilines is 5. The molecular weight excluding hydrogens is 865 g/mol. The Balaban J connectivity index is 1.21. The highest BCUT2D eigenvalue weighted by Gasteiger charge is 2.21. The van der Waals surface area contributed by atoms with Crippen LogP contribution in [-0.4, -0.2) is 88.3 Å². The topological polar surface area (TPSA) is 362 Å². The standard InChI is InChI=1S/C35H28N10O13S3/c46-31(47)19-14-20(32(48)49)16-25(15-19)44-42-23-8-4-21(5-9-23)37-34-39-33(36-12-13-59(50,51)52)40-35(41-34)38-22-6-10-24(11-7-22)43-45-26-17-28-27(30(18-26)61(56,57)58)2-1-3-29(28)60(53,54)55/h1-11,14-18H,12-13H2,(H,46,47)(H,48,49)(H,50,51,52)(H,53,54,55)(H,56,57,58)(H3,36,37,38,39,40,41). The van der Waals surface area contributed by atoms with Crippen molar-refractivity contribution in [1.82, 2.24) is 15.0 Å². The van der Waals surface area contributed by atoms with Gasteiger partial charge in [-0.3, -0.25) is 13.7 Å². The van der Waals surface area contributed by atoms with Gasteiger partial charge in [0.1, 0.15) is 9.79 Å². The van der Waals surface area contributed by atoms with Gasteiger partial charge in [-0.2, -0.15) is 60.7 Å². The summed E-state index contributed by atoms with van der Waals surface area (Å²) in [7, 11) is -14.0. The van der Waals surface area contributed by atoms with E-state index < -0.39 is 57.8 Å². The van der Waals surface area contributed by atoms with Crippen LogP contribution in [0.3, 0.4) is 0 Å². The van der Waals surface area contributed by atoms with Gasteiger partial charge in [0.25, 0.3) is 30.4 Å². The molecule has 0 spiro atoms. The molecule has 6 rings (SSSR count). The molecule has 0 atom stereocenters. The van der Waals surface area contributed by atoms with Gasteiger partial charge in [-0.25, -0.2) is 9.59 Å². The molecule has 1 aromatic heterocycles. The lowest BCUT2D eigenvalue weighted by Crippen LogP contribution is -2.17. The van der Waals surface area contributed by atoms with Gasteiger partial charge in [0, 0.05) is 28.7 Å². The average Bonchev–Trinajstić information content (AvgIpc) is 3.18. The molecule has 314 valence electrons. The van der Waals surface area contributed by atoms with Crippen molar-refractivity contribution in [2.75, 3.05) is 28.2 Å². The van der Waals surface area contributed by atoms with E-state index in [9.17, 15) is 54.2 Å². The van der Waals surface area contributed by atoms with E-state index in [1.165, 1.54) is 54.6 Å². The van der Waals surface area contributed by atoms with E-state index >= 15 is 0 Å². The molecule has 0 radical (unpaired) electrons. The number of rotatable bonds is 16. The van der Waals surface area contributed by atoms with E-state index in [1.54, 1.807) is 12.1 Å². The van der Waals surface area contributed by atoms with Gasteiger partial charge in [0.05, 0.1) is 39.6 Å². The first-order chi connectivity index (χ1) is 28.7. The molecular formula is C35H28N10O13S3. The number of carboxylic acids is 2. The highest BCUT2D eigenvalue weighted by Crippen LogP contribution is 2.34. The van der Waals surface area contributed by atoms with Crippen LogP contribution in [0.4, 0.5) is 52.0 Å². The maximum absolute atomic E-state index is 12.1. The Bertz CT molecular complexity index is 3060. The third-order valence-electron chi connectivity index (χ3n) is 7.96. The Morgan fingerprint density at radius 1 is 0.525 bits per heavy atom. The molecule has 0 fully saturated rings. The van der Waals surface area contributed by atoms with E-state index in [4.69, 9.17) is 4.55 Å². The molecule has 61 heavy (non-hydrogen) atoms. The number of benzene rings is 5.